The van der Waals surface area contributed by atoms with E-state index in [2.05, 4.69) is 19.2 Å². The predicted molar refractivity (Wildman–Crippen MR) is 70.1 cm³/mol. The second kappa shape index (κ2) is 7.00. The van der Waals surface area contributed by atoms with Crippen molar-refractivity contribution in [2.75, 3.05) is 6.54 Å². The summed E-state index contributed by atoms with van der Waals surface area (Å²) >= 11 is 0. The molecule has 0 radical (unpaired) electrons. The SMILES string of the molecule is CCC(CC)NCC1(C(=O)O)CCCCCC1. The van der Waals surface area contributed by atoms with Gasteiger partial charge in [0, 0.05) is 12.6 Å². The smallest absolute Gasteiger partial charge is 0.310 e. The van der Waals surface area contributed by atoms with E-state index in [4.69, 9.17) is 0 Å². The first-order valence-electron chi connectivity index (χ1n) is 7.11. The van der Waals surface area contributed by atoms with Crippen LogP contribution in [0.4, 0.5) is 0 Å². The largest absolute Gasteiger partial charge is 0.481 e. The monoisotopic (exact) mass is 241 g/mol. The zero-order valence-electron chi connectivity index (χ0n) is 11.3. The summed E-state index contributed by atoms with van der Waals surface area (Å²) in [6, 6.07) is 0.467. The number of carboxylic acid groups (broad SMARTS) is 1. The van der Waals surface area contributed by atoms with Gasteiger partial charge in [-0.2, -0.15) is 0 Å². The Morgan fingerprint density at radius 1 is 1.18 bits per heavy atom. The summed E-state index contributed by atoms with van der Waals surface area (Å²) in [6.07, 6.45) is 8.36. The highest BCUT2D eigenvalue weighted by Crippen LogP contribution is 2.35. The van der Waals surface area contributed by atoms with Crippen LogP contribution < -0.4 is 5.32 Å². The van der Waals surface area contributed by atoms with Gasteiger partial charge in [-0.15, -0.1) is 0 Å². The van der Waals surface area contributed by atoms with Crippen molar-refractivity contribution >= 4 is 5.97 Å². The van der Waals surface area contributed by atoms with E-state index >= 15 is 0 Å². The van der Waals surface area contributed by atoms with Crippen molar-refractivity contribution in [3.63, 3.8) is 0 Å². The minimum Gasteiger partial charge on any atom is -0.481 e. The van der Waals surface area contributed by atoms with Crippen LogP contribution in [0.15, 0.2) is 0 Å². The van der Waals surface area contributed by atoms with Gasteiger partial charge in [-0.25, -0.2) is 0 Å². The van der Waals surface area contributed by atoms with Gasteiger partial charge < -0.3 is 10.4 Å². The van der Waals surface area contributed by atoms with Crippen molar-refractivity contribution in [1.82, 2.24) is 5.32 Å². The minimum atomic E-state index is -0.599. The van der Waals surface area contributed by atoms with Gasteiger partial charge in [0.05, 0.1) is 5.41 Å². The maximum atomic E-state index is 11.6. The van der Waals surface area contributed by atoms with E-state index in [1.807, 2.05) is 0 Å². The average Bonchev–Trinajstić information content (AvgIpc) is 2.57. The lowest BCUT2D eigenvalue weighted by molar-refractivity contribution is -0.149. The fraction of sp³-hybridized carbons (Fsp3) is 0.929. The first kappa shape index (κ1) is 14.5. The van der Waals surface area contributed by atoms with Crippen LogP contribution in [0.1, 0.15) is 65.2 Å². The summed E-state index contributed by atoms with van der Waals surface area (Å²) in [4.78, 5) is 11.6. The summed E-state index contributed by atoms with van der Waals surface area (Å²) < 4.78 is 0. The second-order valence-electron chi connectivity index (χ2n) is 5.39. The third-order valence-electron chi connectivity index (χ3n) is 4.23. The van der Waals surface area contributed by atoms with Gasteiger partial charge in [0.25, 0.3) is 0 Å². The average molecular weight is 241 g/mol. The van der Waals surface area contributed by atoms with Crippen LogP contribution in [0.5, 0.6) is 0 Å². The summed E-state index contributed by atoms with van der Waals surface area (Å²) in [7, 11) is 0. The molecule has 1 fully saturated rings. The summed E-state index contributed by atoms with van der Waals surface area (Å²) in [6.45, 7) is 4.96. The molecule has 0 aromatic carbocycles. The van der Waals surface area contributed by atoms with Gasteiger partial charge in [0.1, 0.15) is 0 Å². The van der Waals surface area contributed by atoms with Gasteiger partial charge in [-0.1, -0.05) is 39.5 Å². The molecule has 3 nitrogen and oxygen atoms in total. The van der Waals surface area contributed by atoms with Crippen molar-refractivity contribution in [3.05, 3.63) is 0 Å². The quantitative estimate of drug-likeness (QED) is 0.702. The molecule has 1 aliphatic carbocycles. The van der Waals surface area contributed by atoms with Crippen molar-refractivity contribution in [3.8, 4) is 0 Å². The van der Waals surface area contributed by atoms with E-state index in [0.29, 0.717) is 12.6 Å². The molecule has 0 unspecified atom stereocenters. The summed E-state index contributed by atoms with van der Waals surface area (Å²) in [5, 5.41) is 13.0. The lowest BCUT2D eigenvalue weighted by Crippen LogP contribution is -2.44. The Morgan fingerprint density at radius 3 is 2.12 bits per heavy atom. The molecule has 1 aliphatic rings. The summed E-state index contributed by atoms with van der Waals surface area (Å²) in [5.74, 6) is -0.599. The number of carboxylic acids is 1. The molecule has 17 heavy (non-hydrogen) atoms. The van der Waals surface area contributed by atoms with E-state index in [9.17, 15) is 9.90 Å². The predicted octanol–water partition coefficient (Wildman–Crippen LogP) is 3.19. The number of carbonyl (C=O) groups is 1. The molecule has 3 heteroatoms. The molecule has 0 aromatic rings. The Bertz CT molecular complexity index is 228. The highest BCUT2D eigenvalue weighted by atomic mass is 16.4. The zero-order valence-corrected chi connectivity index (χ0v) is 11.3. The van der Waals surface area contributed by atoms with Crippen LogP contribution >= 0.6 is 0 Å². The molecule has 0 heterocycles. The third kappa shape index (κ3) is 3.98. The molecular formula is C14H27NO2. The molecule has 0 atom stereocenters. The standard InChI is InChI=1S/C14H27NO2/c1-3-12(4-2)15-11-14(13(16)17)9-7-5-6-8-10-14/h12,15H,3-11H2,1-2H3,(H,16,17). The lowest BCUT2D eigenvalue weighted by Gasteiger charge is -2.30. The highest BCUT2D eigenvalue weighted by Gasteiger charge is 2.38. The number of rotatable bonds is 6. The number of aliphatic carboxylic acids is 1. The third-order valence-corrected chi connectivity index (χ3v) is 4.23. The van der Waals surface area contributed by atoms with Crippen LogP contribution in [0, 0.1) is 5.41 Å². The first-order chi connectivity index (χ1) is 8.14. The van der Waals surface area contributed by atoms with E-state index in [1.54, 1.807) is 0 Å². The Morgan fingerprint density at radius 2 is 1.71 bits per heavy atom. The fourth-order valence-electron chi connectivity index (χ4n) is 2.79. The first-order valence-corrected chi connectivity index (χ1v) is 7.11. The fourth-order valence-corrected chi connectivity index (χ4v) is 2.79. The van der Waals surface area contributed by atoms with Gasteiger partial charge >= 0.3 is 5.97 Å². The topological polar surface area (TPSA) is 49.3 Å². The van der Waals surface area contributed by atoms with E-state index in [1.165, 1.54) is 12.8 Å². The molecule has 1 saturated carbocycles. The Labute approximate surface area is 105 Å². The Kier molecular flexibility index (Phi) is 5.96. The van der Waals surface area contributed by atoms with Crippen LogP contribution in [0.2, 0.25) is 0 Å². The maximum absolute atomic E-state index is 11.6. The van der Waals surface area contributed by atoms with E-state index in [-0.39, 0.29) is 0 Å². The Hall–Kier alpha value is -0.570. The molecule has 0 aliphatic heterocycles. The molecule has 0 aromatic heterocycles. The molecule has 0 bridgehead atoms. The van der Waals surface area contributed by atoms with E-state index in [0.717, 1.165) is 38.5 Å². The van der Waals surface area contributed by atoms with Gasteiger partial charge in [-0.3, -0.25) is 4.79 Å². The molecule has 0 spiro atoms. The van der Waals surface area contributed by atoms with Gasteiger partial charge in [-0.05, 0) is 25.7 Å². The van der Waals surface area contributed by atoms with E-state index < -0.39 is 11.4 Å². The summed E-state index contributed by atoms with van der Waals surface area (Å²) in [5.41, 5.74) is -0.501. The number of nitrogens with one attached hydrogen (secondary N) is 1. The van der Waals surface area contributed by atoms with Crippen molar-refractivity contribution < 1.29 is 9.90 Å². The second-order valence-corrected chi connectivity index (χ2v) is 5.39. The highest BCUT2D eigenvalue weighted by molar-refractivity contribution is 5.75. The molecule has 0 saturated heterocycles. The molecule has 0 amide bonds. The van der Waals surface area contributed by atoms with Gasteiger partial charge in [0.15, 0.2) is 0 Å². The molecule has 2 N–H and O–H groups in total. The van der Waals surface area contributed by atoms with Crippen LogP contribution in [-0.2, 0) is 4.79 Å². The molecule has 1 rings (SSSR count). The van der Waals surface area contributed by atoms with Crippen LogP contribution in [-0.4, -0.2) is 23.7 Å². The number of hydrogen-bond acceptors (Lipinski definition) is 2. The Balaban J connectivity index is 2.60. The van der Waals surface area contributed by atoms with Gasteiger partial charge in [0.2, 0.25) is 0 Å². The molecular weight excluding hydrogens is 214 g/mol. The van der Waals surface area contributed by atoms with Crippen molar-refractivity contribution in [2.45, 2.75) is 71.3 Å². The van der Waals surface area contributed by atoms with Crippen LogP contribution in [0.3, 0.4) is 0 Å². The van der Waals surface area contributed by atoms with Crippen molar-refractivity contribution in [2.24, 2.45) is 5.41 Å². The van der Waals surface area contributed by atoms with Crippen molar-refractivity contribution in [1.29, 1.82) is 0 Å². The minimum absolute atomic E-state index is 0.467. The maximum Gasteiger partial charge on any atom is 0.310 e. The number of hydrogen-bond donors (Lipinski definition) is 2. The lowest BCUT2D eigenvalue weighted by atomic mass is 9.80. The molecule has 100 valence electrons. The zero-order chi connectivity index (χ0) is 12.7. The normalized spacial score (nSPS) is 20.2. The van der Waals surface area contributed by atoms with Crippen LogP contribution in [0.25, 0.3) is 0 Å².